The summed E-state index contributed by atoms with van der Waals surface area (Å²) in [5.74, 6) is -0.341. The molecular weight excluding hydrogens is 252 g/mol. The number of esters is 1. The van der Waals surface area contributed by atoms with Crippen LogP contribution >= 0.6 is 0 Å². The number of aromatic hydroxyl groups is 1. The van der Waals surface area contributed by atoms with Crippen LogP contribution in [0.25, 0.3) is 0 Å². The van der Waals surface area contributed by atoms with Crippen LogP contribution in [-0.2, 0) is 11.3 Å². The SMILES string of the molecule is CC(C)c1cccc(C(=O)OCc2ccccc2)c1O. The number of hydrogen-bond acceptors (Lipinski definition) is 3. The topological polar surface area (TPSA) is 46.5 Å². The standard InChI is InChI=1S/C17H18O3/c1-12(2)14-9-6-10-15(16(14)18)17(19)20-11-13-7-4-3-5-8-13/h3-10,12,18H,11H2,1-2H3. The third-order valence-electron chi connectivity index (χ3n) is 3.12. The Morgan fingerprint density at radius 1 is 1.10 bits per heavy atom. The fourth-order valence-corrected chi connectivity index (χ4v) is 1.99. The molecule has 0 saturated carbocycles. The lowest BCUT2D eigenvalue weighted by atomic mass is 9.99. The van der Waals surface area contributed by atoms with Gasteiger partial charge in [0.2, 0.25) is 0 Å². The molecule has 3 nitrogen and oxygen atoms in total. The number of benzene rings is 2. The average Bonchev–Trinajstić information content (AvgIpc) is 2.46. The van der Waals surface area contributed by atoms with Crippen molar-refractivity contribution >= 4 is 5.97 Å². The zero-order valence-corrected chi connectivity index (χ0v) is 11.7. The molecule has 20 heavy (non-hydrogen) atoms. The third-order valence-corrected chi connectivity index (χ3v) is 3.12. The van der Waals surface area contributed by atoms with E-state index >= 15 is 0 Å². The molecule has 104 valence electrons. The molecule has 0 aliphatic heterocycles. The van der Waals surface area contributed by atoms with Crippen molar-refractivity contribution in [1.29, 1.82) is 0 Å². The molecular formula is C17H18O3. The van der Waals surface area contributed by atoms with Gasteiger partial charge >= 0.3 is 5.97 Å². The van der Waals surface area contributed by atoms with Crippen molar-refractivity contribution in [2.24, 2.45) is 0 Å². The Bertz CT molecular complexity index is 588. The van der Waals surface area contributed by atoms with Gasteiger partial charge in [-0.15, -0.1) is 0 Å². The molecule has 2 aromatic carbocycles. The normalized spacial score (nSPS) is 10.6. The van der Waals surface area contributed by atoms with Gasteiger partial charge in [0, 0.05) is 0 Å². The minimum absolute atomic E-state index is 0.0144. The van der Waals surface area contributed by atoms with Crippen molar-refractivity contribution in [3.8, 4) is 5.75 Å². The second-order valence-electron chi connectivity index (χ2n) is 4.96. The zero-order chi connectivity index (χ0) is 14.5. The second kappa shape index (κ2) is 6.24. The summed E-state index contributed by atoms with van der Waals surface area (Å²) >= 11 is 0. The first-order valence-corrected chi connectivity index (χ1v) is 6.62. The van der Waals surface area contributed by atoms with E-state index in [-0.39, 0.29) is 23.8 Å². The van der Waals surface area contributed by atoms with Gasteiger partial charge in [-0.2, -0.15) is 0 Å². The van der Waals surface area contributed by atoms with Crippen LogP contribution < -0.4 is 0 Å². The van der Waals surface area contributed by atoms with Gasteiger partial charge in [0.05, 0.1) is 0 Å². The van der Waals surface area contributed by atoms with Gasteiger partial charge < -0.3 is 9.84 Å². The van der Waals surface area contributed by atoms with Crippen LogP contribution in [0.4, 0.5) is 0 Å². The van der Waals surface area contributed by atoms with E-state index < -0.39 is 5.97 Å². The fourth-order valence-electron chi connectivity index (χ4n) is 1.99. The highest BCUT2D eigenvalue weighted by molar-refractivity contribution is 5.92. The second-order valence-corrected chi connectivity index (χ2v) is 4.96. The smallest absolute Gasteiger partial charge is 0.342 e. The number of phenols is 1. The highest BCUT2D eigenvalue weighted by atomic mass is 16.5. The zero-order valence-electron chi connectivity index (χ0n) is 11.7. The van der Waals surface area contributed by atoms with Gasteiger partial charge in [-0.05, 0) is 23.1 Å². The lowest BCUT2D eigenvalue weighted by Crippen LogP contribution is -2.06. The molecule has 2 rings (SSSR count). The number of carbonyl (C=O) groups is 1. The quantitative estimate of drug-likeness (QED) is 0.858. The van der Waals surface area contributed by atoms with Crippen molar-refractivity contribution in [3.05, 3.63) is 65.2 Å². The summed E-state index contributed by atoms with van der Waals surface area (Å²) in [6.07, 6.45) is 0. The van der Waals surface area contributed by atoms with Gasteiger partial charge in [0.15, 0.2) is 0 Å². The van der Waals surface area contributed by atoms with Gasteiger partial charge in [-0.3, -0.25) is 0 Å². The van der Waals surface area contributed by atoms with Crippen LogP contribution in [0, 0.1) is 0 Å². The van der Waals surface area contributed by atoms with Crippen LogP contribution in [-0.4, -0.2) is 11.1 Å². The van der Waals surface area contributed by atoms with Gasteiger partial charge in [0.1, 0.15) is 17.9 Å². The summed E-state index contributed by atoms with van der Waals surface area (Å²) in [6, 6.07) is 14.6. The molecule has 0 amide bonds. The average molecular weight is 270 g/mol. The Kier molecular flexibility index (Phi) is 4.41. The monoisotopic (exact) mass is 270 g/mol. The number of ether oxygens (including phenoxy) is 1. The van der Waals surface area contributed by atoms with Gasteiger partial charge in [0.25, 0.3) is 0 Å². The molecule has 1 N–H and O–H groups in total. The number of hydrogen-bond donors (Lipinski definition) is 1. The number of carbonyl (C=O) groups excluding carboxylic acids is 1. The maximum absolute atomic E-state index is 12.0. The lowest BCUT2D eigenvalue weighted by Gasteiger charge is -2.12. The predicted octanol–water partition coefficient (Wildman–Crippen LogP) is 3.87. The van der Waals surface area contributed by atoms with Crippen molar-refractivity contribution in [2.45, 2.75) is 26.4 Å². The van der Waals surface area contributed by atoms with Gasteiger partial charge in [-0.25, -0.2) is 4.79 Å². The number of rotatable bonds is 4. The van der Waals surface area contributed by atoms with Gasteiger partial charge in [-0.1, -0.05) is 56.3 Å². The molecule has 0 spiro atoms. The first-order valence-electron chi connectivity index (χ1n) is 6.62. The van der Waals surface area contributed by atoms with Crippen molar-refractivity contribution in [3.63, 3.8) is 0 Å². The number of para-hydroxylation sites is 1. The van der Waals surface area contributed by atoms with Crippen LogP contribution in [0.2, 0.25) is 0 Å². The van der Waals surface area contributed by atoms with E-state index in [9.17, 15) is 9.90 Å². The molecule has 0 saturated heterocycles. The van der Waals surface area contributed by atoms with E-state index in [0.717, 1.165) is 11.1 Å². The molecule has 0 fully saturated rings. The summed E-state index contributed by atoms with van der Waals surface area (Å²) in [5, 5.41) is 10.1. The summed E-state index contributed by atoms with van der Waals surface area (Å²) < 4.78 is 5.23. The fraction of sp³-hybridized carbons (Fsp3) is 0.235. The Labute approximate surface area is 118 Å². The van der Waals surface area contributed by atoms with Crippen molar-refractivity contribution in [1.82, 2.24) is 0 Å². The highest BCUT2D eigenvalue weighted by Gasteiger charge is 2.16. The maximum Gasteiger partial charge on any atom is 0.342 e. The Morgan fingerprint density at radius 2 is 1.80 bits per heavy atom. The van der Waals surface area contributed by atoms with Crippen LogP contribution in [0.1, 0.15) is 41.3 Å². The molecule has 0 unspecified atom stereocenters. The van der Waals surface area contributed by atoms with E-state index in [1.165, 1.54) is 0 Å². The number of phenolic OH excluding ortho intramolecular Hbond substituents is 1. The minimum atomic E-state index is -0.506. The lowest BCUT2D eigenvalue weighted by molar-refractivity contribution is 0.0469. The van der Waals surface area contributed by atoms with E-state index in [4.69, 9.17) is 4.74 Å². The van der Waals surface area contributed by atoms with Crippen LogP contribution in [0.3, 0.4) is 0 Å². The van der Waals surface area contributed by atoms with E-state index in [1.54, 1.807) is 12.1 Å². The predicted molar refractivity (Wildman–Crippen MR) is 77.8 cm³/mol. The molecule has 0 heterocycles. The molecule has 0 bridgehead atoms. The first kappa shape index (κ1) is 14.1. The van der Waals surface area contributed by atoms with E-state index in [1.807, 2.05) is 50.2 Å². The first-order chi connectivity index (χ1) is 9.59. The van der Waals surface area contributed by atoms with Crippen LogP contribution in [0.15, 0.2) is 48.5 Å². The Morgan fingerprint density at radius 3 is 2.45 bits per heavy atom. The molecule has 0 aliphatic carbocycles. The molecule has 0 radical (unpaired) electrons. The molecule has 0 atom stereocenters. The molecule has 0 aliphatic rings. The van der Waals surface area contributed by atoms with E-state index in [2.05, 4.69) is 0 Å². The summed E-state index contributed by atoms with van der Waals surface area (Å²) in [4.78, 5) is 12.0. The maximum atomic E-state index is 12.0. The van der Waals surface area contributed by atoms with Crippen molar-refractivity contribution < 1.29 is 14.6 Å². The van der Waals surface area contributed by atoms with Crippen molar-refractivity contribution in [2.75, 3.05) is 0 Å². The Balaban J connectivity index is 2.12. The molecule has 0 aromatic heterocycles. The Hall–Kier alpha value is -2.29. The summed E-state index contributed by atoms with van der Waals surface area (Å²) in [6.45, 7) is 4.13. The molecule has 3 heteroatoms. The van der Waals surface area contributed by atoms with E-state index in [0.29, 0.717) is 0 Å². The minimum Gasteiger partial charge on any atom is -0.507 e. The van der Waals surface area contributed by atoms with Crippen LogP contribution in [0.5, 0.6) is 5.75 Å². The largest absolute Gasteiger partial charge is 0.507 e. The third kappa shape index (κ3) is 3.18. The summed E-state index contributed by atoms with van der Waals surface area (Å²) in [7, 11) is 0. The summed E-state index contributed by atoms with van der Waals surface area (Å²) in [5.41, 5.74) is 1.88. The molecule has 2 aromatic rings. The highest BCUT2D eigenvalue weighted by Crippen LogP contribution is 2.29.